The maximum Gasteiger partial charge on any atom is 0.350 e. The molecule has 0 saturated heterocycles. The van der Waals surface area contributed by atoms with Gasteiger partial charge < -0.3 is 10.1 Å². The summed E-state index contributed by atoms with van der Waals surface area (Å²) in [5, 5.41) is 28.7. The average molecular weight is 443 g/mol. The molecule has 0 saturated carbocycles. The van der Waals surface area contributed by atoms with Crippen LogP contribution >= 0.6 is 11.8 Å². The number of nitro benzene ring substituents is 1. The van der Waals surface area contributed by atoms with E-state index in [2.05, 4.69) is 10.4 Å². The Hall–Kier alpha value is -3.93. The van der Waals surface area contributed by atoms with Gasteiger partial charge in [-0.1, -0.05) is 29.5 Å². The molecule has 1 aromatic heterocycles. The van der Waals surface area contributed by atoms with Crippen molar-refractivity contribution >= 4 is 34.7 Å². The zero-order chi connectivity index (χ0) is 22.5. The van der Waals surface area contributed by atoms with E-state index in [0.29, 0.717) is 4.90 Å². The Labute approximate surface area is 180 Å². The van der Waals surface area contributed by atoms with Crippen LogP contribution in [0, 0.1) is 27.2 Å². The van der Waals surface area contributed by atoms with Crippen LogP contribution in [0.2, 0.25) is 0 Å². The monoisotopic (exact) mass is 443 g/mol. The van der Waals surface area contributed by atoms with Gasteiger partial charge in [-0.2, -0.15) is 0 Å². The van der Waals surface area contributed by atoms with Crippen LogP contribution in [0.15, 0.2) is 58.5 Å². The minimum absolute atomic E-state index is 0.177. The Morgan fingerprint density at radius 2 is 1.84 bits per heavy atom. The average Bonchev–Trinajstić information content (AvgIpc) is 3.12. The first-order valence-corrected chi connectivity index (χ1v) is 9.66. The summed E-state index contributed by atoms with van der Waals surface area (Å²) in [6.07, 6.45) is 1.07. The first kappa shape index (κ1) is 21.8. The van der Waals surface area contributed by atoms with Crippen molar-refractivity contribution in [3.63, 3.8) is 0 Å². The van der Waals surface area contributed by atoms with Gasteiger partial charge in [-0.15, -0.1) is 5.10 Å². The molecule has 1 heterocycles. The third kappa shape index (κ3) is 5.57. The smallest absolute Gasteiger partial charge is 0.350 e. The minimum atomic E-state index is -0.671. The zero-order valence-electron chi connectivity index (χ0n) is 16.5. The predicted molar refractivity (Wildman–Crippen MR) is 112 cm³/mol. The molecular formula is C19H17N5O6S. The number of nitrogens with zero attached hydrogens (tertiary/aromatic N) is 4. The van der Waals surface area contributed by atoms with Crippen molar-refractivity contribution in [1.29, 1.82) is 0 Å². The minimum Gasteiger partial charge on any atom is -0.475 e. The third-order valence-electron chi connectivity index (χ3n) is 4.05. The number of methoxy groups -OCH3 is 1. The number of benzene rings is 2. The topological polar surface area (TPSA) is 142 Å². The number of hydrogen-bond donors (Lipinski definition) is 1. The Kier molecular flexibility index (Phi) is 6.50. The number of non-ortho nitro benzene ring substituents is 1. The van der Waals surface area contributed by atoms with Gasteiger partial charge in [0.25, 0.3) is 5.69 Å². The number of aromatic nitrogens is 2. The van der Waals surface area contributed by atoms with E-state index in [1.54, 1.807) is 6.07 Å². The first-order valence-electron chi connectivity index (χ1n) is 8.85. The van der Waals surface area contributed by atoms with Crippen LogP contribution in [0.5, 0.6) is 5.88 Å². The molecule has 11 nitrogen and oxygen atoms in total. The number of carbonyl (C=O) groups excluding carboxylic acids is 1. The number of aryl methyl sites for hydroxylation is 1. The number of rotatable bonds is 8. The number of amides is 1. The molecule has 0 fully saturated rings. The summed E-state index contributed by atoms with van der Waals surface area (Å²) < 4.78 is 5.89. The summed E-state index contributed by atoms with van der Waals surface area (Å²) in [5.74, 6) is -0.781. The molecular weight excluding hydrogens is 426 g/mol. The summed E-state index contributed by atoms with van der Waals surface area (Å²) in [4.78, 5) is 34.9. The van der Waals surface area contributed by atoms with E-state index in [0.717, 1.165) is 21.3 Å². The number of ether oxygens (including phenoxy) is 1. The molecule has 1 N–H and O–H groups in total. The largest absolute Gasteiger partial charge is 0.475 e. The molecule has 0 spiro atoms. The number of hydrogen-bond acceptors (Lipinski definition) is 8. The zero-order valence-corrected chi connectivity index (χ0v) is 17.3. The van der Waals surface area contributed by atoms with Gasteiger partial charge in [0.1, 0.15) is 12.7 Å². The van der Waals surface area contributed by atoms with Gasteiger partial charge in [0.15, 0.2) is 0 Å². The second-order valence-corrected chi connectivity index (χ2v) is 7.56. The maximum absolute atomic E-state index is 12.4. The van der Waals surface area contributed by atoms with Crippen LogP contribution in [-0.4, -0.2) is 32.6 Å². The van der Waals surface area contributed by atoms with Crippen molar-refractivity contribution in [2.24, 2.45) is 0 Å². The fraction of sp³-hybridized carbons (Fsp3) is 0.158. The molecule has 0 atom stereocenters. The highest BCUT2D eigenvalue weighted by Crippen LogP contribution is 2.33. The van der Waals surface area contributed by atoms with Crippen molar-refractivity contribution in [2.45, 2.75) is 23.3 Å². The van der Waals surface area contributed by atoms with E-state index in [9.17, 15) is 25.0 Å². The lowest BCUT2D eigenvalue weighted by atomic mass is 10.2. The van der Waals surface area contributed by atoms with E-state index in [1.807, 2.05) is 31.2 Å². The molecule has 0 aliphatic carbocycles. The lowest BCUT2D eigenvalue weighted by Gasteiger charge is -2.08. The maximum atomic E-state index is 12.4. The Balaban J connectivity index is 1.79. The fourth-order valence-electron chi connectivity index (χ4n) is 2.65. The lowest BCUT2D eigenvalue weighted by molar-refractivity contribution is -0.385. The lowest BCUT2D eigenvalue weighted by Crippen LogP contribution is -2.19. The van der Waals surface area contributed by atoms with Gasteiger partial charge in [-0.25, -0.2) is 0 Å². The summed E-state index contributed by atoms with van der Waals surface area (Å²) in [6, 6.07) is 11.9. The highest BCUT2D eigenvalue weighted by atomic mass is 32.2. The van der Waals surface area contributed by atoms with Gasteiger partial charge >= 0.3 is 11.6 Å². The molecule has 2 aromatic carbocycles. The molecule has 160 valence electrons. The number of nitrogens with one attached hydrogen (secondary N) is 1. The van der Waals surface area contributed by atoms with E-state index in [-0.39, 0.29) is 29.5 Å². The quantitative estimate of drug-likeness (QED) is 0.409. The summed E-state index contributed by atoms with van der Waals surface area (Å²) in [6.45, 7) is 1.62. The second kappa shape index (κ2) is 9.26. The van der Waals surface area contributed by atoms with Gasteiger partial charge in [0.05, 0.1) is 17.0 Å². The van der Waals surface area contributed by atoms with Crippen molar-refractivity contribution in [3.8, 4) is 5.88 Å². The van der Waals surface area contributed by atoms with Crippen LogP contribution < -0.4 is 10.1 Å². The SMILES string of the molecule is COc1nn(CC(=O)Nc2cc(Sc3ccc(C)cc3)cc([N+](=O)[O-])c2)cc1[N+](=O)[O-]. The highest BCUT2D eigenvalue weighted by molar-refractivity contribution is 7.99. The van der Waals surface area contributed by atoms with Crippen LogP contribution in [-0.2, 0) is 11.3 Å². The van der Waals surface area contributed by atoms with Crippen LogP contribution in [0.1, 0.15) is 5.56 Å². The Morgan fingerprint density at radius 1 is 1.13 bits per heavy atom. The molecule has 0 bridgehead atoms. The van der Waals surface area contributed by atoms with Crippen molar-refractivity contribution in [3.05, 3.63) is 74.5 Å². The molecule has 0 radical (unpaired) electrons. The van der Waals surface area contributed by atoms with Crippen LogP contribution in [0.3, 0.4) is 0 Å². The third-order valence-corrected chi connectivity index (χ3v) is 5.03. The molecule has 3 rings (SSSR count). The van der Waals surface area contributed by atoms with Crippen LogP contribution in [0.4, 0.5) is 17.1 Å². The molecule has 3 aromatic rings. The molecule has 1 amide bonds. The summed E-state index contributed by atoms with van der Waals surface area (Å²) in [7, 11) is 1.23. The molecule has 0 aliphatic heterocycles. The standard InChI is InChI=1S/C19H17N5O6S/c1-12-3-5-15(6-4-12)31-16-8-13(7-14(9-16)23(26)27)20-18(25)11-22-10-17(24(28)29)19(21-22)30-2/h3-10H,11H2,1-2H3,(H,20,25). The fourth-order valence-corrected chi connectivity index (χ4v) is 3.56. The van der Waals surface area contributed by atoms with E-state index >= 15 is 0 Å². The number of nitro groups is 2. The molecule has 0 aliphatic rings. The van der Waals surface area contributed by atoms with Crippen molar-refractivity contribution in [2.75, 3.05) is 12.4 Å². The van der Waals surface area contributed by atoms with Crippen molar-refractivity contribution < 1.29 is 19.4 Å². The van der Waals surface area contributed by atoms with E-state index in [1.165, 1.54) is 31.0 Å². The van der Waals surface area contributed by atoms with E-state index in [4.69, 9.17) is 4.74 Å². The molecule has 12 heteroatoms. The van der Waals surface area contributed by atoms with Gasteiger partial charge in [0, 0.05) is 27.6 Å². The number of carbonyl (C=O) groups is 1. The molecule has 31 heavy (non-hydrogen) atoms. The number of anilines is 1. The molecule has 0 unspecified atom stereocenters. The van der Waals surface area contributed by atoms with Crippen molar-refractivity contribution in [1.82, 2.24) is 9.78 Å². The first-order chi connectivity index (χ1) is 14.7. The van der Waals surface area contributed by atoms with E-state index < -0.39 is 15.8 Å². The summed E-state index contributed by atoms with van der Waals surface area (Å²) >= 11 is 1.32. The van der Waals surface area contributed by atoms with Gasteiger partial charge in [0.2, 0.25) is 5.91 Å². The normalized spacial score (nSPS) is 10.5. The predicted octanol–water partition coefficient (Wildman–Crippen LogP) is 3.81. The van der Waals surface area contributed by atoms with Crippen LogP contribution in [0.25, 0.3) is 0 Å². The highest BCUT2D eigenvalue weighted by Gasteiger charge is 2.21. The summed E-state index contributed by atoms with van der Waals surface area (Å²) in [5.41, 5.74) is 0.764. The Bertz CT molecular complexity index is 1150. The van der Waals surface area contributed by atoms with Gasteiger partial charge in [-0.05, 0) is 25.1 Å². The van der Waals surface area contributed by atoms with Gasteiger partial charge in [-0.3, -0.25) is 29.7 Å². The Morgan fingerprint density at radius 3 is 2.42 bits per heavy atom. The second-order valence-electron chi connectivity index (χ2n) is 6.41.